The van der Waals surface area contributed by atoms with Gasteiger partial charge in [-0.3, -0.25) is 14.4 Å². The number of likely N-dealkylation sites (tertiary alicyclic amines) is 1. The van der Waals surface area contributed by atoms with E-state index < -0.39 is 11.9 Å². The lowest BCUT2D eigenvalue weighted by molar-refractivity contribution is -0.145. The fourth-order valence-electron chi connectivity index (χ4n) is 2.83. The molecule has 0 aliphatic carbocycles. The first kappa shape index (κ1) is 17.0. The third-order valence-corrected chi connectivity index (χ3v) is 4.17. The van der Waals surface area contributed by atoms with E-state index in [9.17, 15) is 14.4 Å². The van der Waals surface area contributed by atoms with Gasteiger partial charge in [0, 0.05) is 32.1 Å². The summed E-state index contributed by atoms with van der Waals surface area (Å²) in [7, 11) is 1.58. The Balaban J connectivity index is 1.91. The zero-order valence-corrected chi connectivity index (χ0v) is 13.2. The number of hydrogen-bond acceptors (Lipinski definition) is 3. The van der Waals surface area contributed by atoms with E-state index in [1.165, 1.54) is 0 Å². The third kappa shape index (κ3) is 4.55. The van der Waals surface area contributed by atoms with Gasteiger partial charge in [-0.2, -0.15) is 0 Å². The van der Waals surface area contributed by atoms with Gasteiger partial charge >= 0.3 is 5.97 Å². The van der Waals surface area contributed by atoms with Crippen LogP contribution in [0.25, 0.3) is 0 Å². The Morgan fingerprint density at radius 2 is 2.13 bits per heavy atom. The molecule has 124 valence electrons. The Labute approximate surface area is 135 Å². The molecule has 1 aliphatic heterocycles. The number of rotatable bonds is 5. The van der Waals surface area contributed by atoms with Crippen molar-refractivity contribution in [3.05, 3.63) is 35.4 Å². The second-order valence-corrected chi connectivity index (χ2v) is 5.80. The zero-order chi connectivity index (χ0) is 16.8. The van der Waals surface area contributed by atoms with Crippen molar-refractivity contribution in [3.63, 3.8) is 0 Å². The average Bonchev–Trinajstić information content (AvgIpc) is 2.59. The van der Waals surface area contributed by atoms with E-state index in [2.05, 4.69) is 5.32 Å². The lowest BCUT2D eigenvalue weighted by Gasteiger charge is -2.30. The predicted molar refractivity (Wildman–Crippen MR) is 85.1 cm³/mol. The maximum Gasteiger partial charge on any atom is 0.308 e. The van der Waals surface area contributed by atoms with Gasteiger partial charge in [-0.05, 0) is 37.0 Å². The molecule has 6 heteroatoms. The number of carbonyl (C=O) groups excluding carboxylic acids is 2. The highest BCUT2D eigenvalue weighted by molar-refractivity contribution is 5.94. The number of piperidine rings is 1. The van der Waals surface area contributed by atoms with Crippen LogP contribution in [0.4, 0.5) is 0 Å². The van der Waals surface area contributed by atoms with Gasteiger partial charge in [0.1, 0.15) is 0 Å². The van der Waals surface area contributed by atoms with E-state index >= 15 is 0 Å². The van der Waals surface area contributed by atoms with E-state index in [1.807, 2.05) is 6.07 Å². The largest absolute Gasteiger partial charge is 0.481 e. The van der Waals surface area contributed by atoms with Crippen LogP contribution in [0.5, 0.6) is 0 Å². The second kappa shape index (κ2) is 7.76. The van der Waals surface area contributed by atoms with E-state index in [0.717, 1.165) is 12.0 Å². The summed E-state index contributed by atoms with van der Waals surface area (Å²) in [4.78, 5) is 36.6. The Hall–Kier alpha value is -2.37. The molecule has 0 aromatic heterocycles. The number of carbonyl (C=O) groups is 3. The fourth-order valence-corrected chi connectivity index (χ4v) is 2.83. The maximum absolute atomic E-state index is 12.3. The molecule has 1 atom stereocenters. The number of carboxylic acids is 1. The number of aryl methyl sites for hydroxylation is 1. The first-order chi connectivity index (χ1) is 11.0. The molecule has 0 spiro atoms. The molecular weight excluding hydrogens is 296 g/mol. The van der Waals surface area contributed by atoms with Crippen molar-refractivity contribution >= 4 is 17.8 Å². The van der Waals surface area contributed by atoms with Gasteiger partial charge in [-0.15, -0.1) is 0 Å². The average molecular weight is 318 g/mol. The minimum absolute atomic E-state index is 0.0266. The number of hydrogen-bond donors (Lipinski definition) is 2. The minimum atomic E-state index is -0.833. The van der Waals surface area contributed by atoms with Gasteiger partial charge in [0.2, 0.25) is 5.91 Å². The number of aliphatic carboxylic acids is 1. The van der Waals surface area contributed by atoms with Crippen LogP contribution in [0, 0.1) is 5.92 Å². The molecule has 1 aromatic rings. The molecule has 0 bridgehead atoms. The number of nitrogens with one attached hydrogen (secondary N) is 1. The topological polar surface area (TPSA) is 86.7 Å². The highest BCUT2D eigenvalue weighted by Gasteiger charge is 2.27. The summed E-state index contributed by atoms with van der Waals surface area (Å²) in [6.07, 6.45) is 2.23. The Morgan fingerprint density at radius 1 is 1.35 bits per heavy atom. The molecule has 1 unspecified atom stereocenters. The third-order valence-electron chi connectivity index (χ3n) is 4.17. The molecule has 2 rings (SSSR count). The van der Waals surface area contributed by atoms with Crippen molar-refractivity contribution in [1.82, 2.24) is 10.2 Å². The second-order valence-electron chi connectivity index (χ2n) is 5.80. The minimum Gasteiger partial charge on any atom is -0.481 e. The molecule has 1 fully saturated rings. The van der Waals surface area contributed by atoms with Crippen LogP contribution in [-0.4, -0.2) is 47.9 Å². The van der Waals surface area contributed by atoms with Crippen LogP contribution < -0.4 is 5.32 Å². The lowest BCUT2D eigenvalue weighted by Crippen LogP contribution is -2.42. The van der Waals surface area contributed by atoms with Gasteiger partial charge in [0.05, 0.1) is 5.92 Å². The van der Waals surface area contributed by atoms with Gasteiger partial charge in [-0.25, -0.2) is 0 Å². The SMILES string of the molecule is CNC(=O)c1cccc(CCC(=O)N2CCCC(C(=O)O)C2)c1. The first-order valence-corrected chi connectivity index (χ1v) is 7.83. The highest BCUT2D eigenvalue weighted by Crippen LogP contribution is 2.18. The van der Waals surface area contributed by atoms with Gasteiger partial charge in [0.15, 0.2) is 0 Å². The smallest absolute Gasteiger partial charge is 0.308 e. The van der Waals surface area contributed by atoms with Crippen molar-refractivity contribution in [3.8, 4) is 0 Å². The van der Waals surface area contributed by atoms with Crippen molar-refractivity contribution in [2.75, 3.05) is 20.1 Å². The molecule has 0 saturated carbocycles. The molecule has 0 radical (unpaired) electrons. The van der Waals surface area contributed by atoms with Crippen LogP contribution in [0.15, 0.2) is 24.3 Å². The fraction of sp³-hybridized carbons (Fsp3) is 0.471. The standard InChI is InChI=1S/C17H22N2O4/c1-18-16(21)13-5-2-4-12(10-13)7-8-15(20)19-9-3-6-14(11-19)17(22)23/h2,4-5,10,14H,3,6-9,11H2,1H3,(H,18,21)(H,22,23). The van der Waals surface area contributed by atoms with Gasteiger partial charge in [0.25, 0.3) is 5.91 Å². The summed E-state index contributed by atoms with van der Waals surface area (Å²) in [6, 6.07) is 7.19. The molecule has 2 amide bonds. The van der Waals surface area contributed by atoms with Gasteiger partial charge < -0.3 is 15.3 Å². The summed E-state index contributed by atoms with van der Waals surface area (Å²) < 4.78 is 0. The van der Waals surface area contributed by atoms with Crippen LogP contribution in [0.2, 0.25) is 0 Å². The molecule has 2 N–H and O–H groups in total. The Morgan fingerprint density at radius 3 is 2.83 bits per heavy atom. The quantitative estimate of drug-likeness (QED) is 0.857. The first-order valence-electron chi connectivity index (χ1n) is 7.83. The van der Waals surface area contributed by atoms with Crippen molar-refractivity contribution in [1.29, 1.82) is 0 Å². The summed E-state index contributed by atoms with van der Waals surface area (Å²) in [5, 5.41) is 11.6. The predicted octanol–water partition coefficient (Wildman–Crippen LogP) is 1.30. The van der Waals surface area contributed by atoms with Crippen LogP contribution in [-0.2, 0) is 16.0 Å². The molecule has 23 heavy (non-hydrogen) atoms. The van der Waals surface area contributed by atoms with E-state index in [-0.39, 0.29) is 11.8 Å². The summed E-state index contributed by atoms with van der Waals surface area (Å²) in [6.45, 7) is 0.924. The van der Waals surface area contributed by atoms with Gasteiger partial charge in [-0.1, -0.05) is 12.1 Å². The number of benzene rings is 1. The summed E-state index contributed by atoms with van der Waals surface area (Å²) in [5.74, 6) is -1.47. The van der Waals surface area contributed by atoms with Crippen molar-refractivity contribution in [2.24, 2.45) is 5.92 Å². The van der Waals surface area contributed by atoms with Crippen LogP contribution >= 0.6 is 0 Å². The molecule has 1 aromatic carbocycles. The monoisotopic (exact) mass is 318 g/mol. The zero-order valence-electron chi connectivity index (χ0n) is 13.2. The van der Waals surface area contributed by atoms with Crippen molar-refractivity contribution < 1.29 is 19.5 Å². The summed E-state index contributed by atoms with van der Waals surface area (Å²) >= 11 is 0. The highest BCUT2D eigenvalue weighted by atomic mass is 16.4. The number of carboxylic acid groups (broad SMARTS) is 1. The lowest BCUT2D eigenvalue weighted by atomic mass is 9.97. The molecular formula is C17H22N2O4. The normalized spacial score (nSPS) is 17.6. The number of nitrogens with zero attached hydrogens (tertiary/aromatic N) is 1. The number of amides is 2. The van der Waals surface area contributed by atoms with E-state index in [1.54, 1.807) is 30.1 Å². The van der Waals surface area contributed by atoms with Crippen molar-refractivity contribution in [2.45, 2.75) is 25.7 Å². The molecule has 1 saturated heterocycles. The Kier molecular flexibility index (Phi) is 5.73. The maximum atomic E-state index is 12.3. The van der Waals surface area contributed by atoms with Crippen LogP contribution in [0.1, 0.15) is 35.2 Å². The van der Waals surface area contributed by atoms with E-state index in [4.69, 9.17) is 5.11 Å². The molecule has 1 heterocycles. The van der Waals surface area contributed by atoms with Crippen LogP contribution in [0.3, 0.4) is 0 Å². The Bertz CT molecular complexity index is 600. The van der Waals surface area contributed by atoms with E-state index in [0.29, 0.717) is 37.9 Å². The summed E-state index contributed by atoms with van der Waals surface area (Å²) in [5.41, 5.74) is 1.49. The molecule has 1 aliphatic rings. The molecule has 6 nitrogen and oxygen atoms in total.